The molecule has 1 aromatic rings. The molecule has 1 heterocycles. The molecule has 0 saturated heterocycles. The fraction of sp³-hybridized carbons (Fsp3) is 0.929. The van der Waals surface area contributed by atoms with Crippen molar-refractivity contribution in [3.63, 3.8) is 0 Å². The molecule has 0 aliphatic heterocycles. The molecule has 0 saturated carbocycles. The summed E-state index contributed by atoms with van der Waals surface area (Å²) in [5, 5.41) is 7.58. The lowest BCUT2D eigenvalue weighted by molar-refractivity contribution is 0.0931. The van der Waals surface area contributed by atoms with Crippen LogP contribution < -0.4 is 21.3 Å². The minimum atomic E-state index is -0.209. The van der Waals surface area contributed by atoms with Gasteiger partial charge in [-0.05, 0) is 133 Å². The van der Waals surface area contributed by atoms with Crippen LogP contribution in [0.4, 0.5) is 11.9 Å². The van der Waals surface area contributed by atoms with E-state index in [1.165, 1.54) is 19.3 Å². The maximum atomic E-state index is 6.52. The highest BCUT2D eigenvalue weighted by molar-refractivity contribution is 5.40. The van der Waals surface area contributed by atoms with Crippen LogP contribution in [0.1, 0.15) is 189 Å². The number of unbranched alkanes of at least 4 members (excludes halogenated alkanes) is 3. The normalized spacial score (nSPS) is 15.3. The molecule has 0 fully saturated rings. The SMILES string of the molecule is CC(C)C(CC(C)(C)N)N(CCCCCCN(c1nc(NC(C)(C)CC(C)(C)C)nc(C(C)(C)C)n1)C(C)CC(C)(C)NC(C)(C)C)C(C)C. The van der Waals surface area contributed by atoms with Gasteiger partial charge in [-0.2, -0.15) is 15.0 Å². The Balaban J connectivity index is 3.34. The van der Waals surface area contributed by atoms with E-state index in [0.717, 1.165) is 50.5 Å². The highest BCUT2D eigenvalue weighted by atomic mass is 15.3. The van der Waals surface area contributed by atoms with E-state index in [4.69, 9.17) is 20.7 Å². The molecule has 8 nitrogen and oxygen atoms in total. The summed E-state index contributed by atoms with van der Waals surface area (Å²) < 4.78 is 0. The van der Waals surface area contributed by atoms with E-state index >= 15 is 0 Å². The molecule has 2 unspecified atom stereocenters. The Labute approximate surface area is 311 Å². The van der Waals surface area contributed by atoms with Crippen molar-refractivity contribution >= 4 is 11.9 Å². The number of nitrogens with zero attached hydrogens (tertiary/aromatic N) is 5. The first-order valence-electron chi connectivity index (χ1n) is 20.0. The van der Waals surface area contributed by atoms with Crippen molar-refractivity contribution in [3.05, 3.63) is 5.82 Å². The molecule has 0 radical (unpaired) electrons. The van der Waals surface area contributed by atoms with Gasteiger partial charge in [-0.25, -0.2) is 0 Å². The Hall–Kier alpha value is -1.51. The number of anilines is 2. The number of hydrogen-bond acceptors (Lipinski definition) is 8. The van der Waals surface area contributed by atoms with Gasteiger partial charge in [0.05, 0.1) is 0 Å². The van der Waals surface area contributed by atoms with Crippen LogP contribution in [0, 0.1) is 11.3 Å². The lowest BCUT2D eigenvalue weighted by atomic mass is 9.82. The van der Waals surface area contributed by atoms with Crippen LogP contribution in [0.2, 0.25) is 0 Å². The standard InChI is InChI=1S/C42H86N8/c1-30(2)33(28-40(15,16)43)49(31(3)4)25-23-21-22-24-26-50(32(5)27-41(17,18)48-39(12,13)14)36-45-34(38(9,10)11)44-35(46-36)47-42(19,20)29-37(6,7)8/h30-33,48H,21-29,43H2,1-20H3,(H,44,45,46,47). The van der Waals surface area contributed by atoms with Gasteiger partial charge in [-0.1, -0.05) is 68.2 Å². The topological polar surface area (TPSA) is 95.2 Å². The number of nitrogens with two attached hydrogens (primary N) is 1. The van der Waals surface area contributed by atoms with E-state index in [1.54, 1.807) is 0 Å². The lowest BCUT2D eigenvalue weighted by Crippen LogP contribution is -2.53. The van der Waals surface area contributed by atoms with Crippen molar-refractivity contribution in [1.82, 2.24) is 25.2 Å². The Bertz CT molecular complexity index is 1130. The summed E-state index contributed by atoms with van der Waals surface area (Å²) in [6, 6.07) is 1.23. The molecule has 0 aliphatic rings. The van der Waals surface area contributed by atoms with Crippen LogP contribution in [0.25, 0.3) is 0 Å². The summed E-state index contributed by atoms with van der Waals surface area (Å²) in [6.45, 7) is 47.4. The predicted octanol–water partition coefficient (Wildman–Crippen LogP) is 9.97. The van der Waals surface area contributed by atoms with Crippen molar-refractivity contribution in [3.8, 4) is 0 Å². The molecule has 0 aliphatic carbocycles. The molecule has 4 N–H and O–H groups in total. The molecular formula is C42H86N8. The fourth-order valence-corrected chi connectivity index (χ4v) is 8.00. The van der Waals surface area contributed by atoms with Gasteiger partial charge in [0.1, 0.15) is 5.82 Å². The van der Waals surface area contributed by atoms with Crippen LogP contribution >= 0.6 is 0 Å². The van der Waals surface area contributed by atoms with Gasteiger partial charge >= 0.3 is 0 Å². The summed E-state index contributed by atoms with van der Waals surface area (Å²) in [5.41, 5.74) is 6.11. The zero-order chi connectivity index (χ0) is 39.1. The summed E-state index contributed by atoms with van der Waals surface area (Å²) in [7, 11) is 0. The Morgan fingerprint density at radius 3 is 1.64 bits per heavy atom. The molecule has 1 aromatic heterocycles. The third-order valence-electron chi connectivity index (χ3n) is 9.18. The second-order valence-electron chi connectivity index (χ2n) is 21.5. The fourth-order valence-electron chi connectivity index (χ4n) is 8.00. The molecule has 0 amide bonds. The van der Waals surface area contributed by atoms with Gasteiger partial charge in [0, 0.05) is 52.2 Å². The van der Waals surface area contributed by atoms with Crippen LogP contribution in [0.15, 0.2) is 0 Å². The van der Waals surface area contributed by atoms with Crippen LogP contribution in [-0.4, -0.2) is 73.2 Å². The van der Waals surface area contributed by atoms with Crippen molar-refractivity contribution in [2.24, 2.45) is 17.1 Å². The summed E-state index contributed by atoms with van der Waals surface area (Å²) in [4.78, 5) is 20.5. The molecule has 294 valence electrons. The molecule has 0 bridgehead atoms. The van der Waals surface area contributed by atoms with E-state index in [-0.39, 0.29) is 39.0 Å². The first kappa shape index (κ1) is 46.5. The third-order valence-corrected chi connectivity index (χ3v) is 9.18. The molecule has 50 heavy (non-hydrogen) atoms. The predicted molar refractivity (Wildman–Crippen MR) is 221 cm³/mol. The first-order valence-corrected chi connectivity index (χ1v) is 20.0. The van der Waals surface area contributed by atoms with E-state index in [9.17, 15) is 0 Å². The van der Waals surface area contributed by atoms with Gasteiger partial charge in [0.2, 0.25) is 11.9 Å². The molecule has 0 spiro atoms. The second kappa shape index (κ2) is 18.0. The summed E-state index contributed by atoms with van der Waals surface area (Å²) in [6.07, 6.45) is 7.65. The molecule has 8 heteroatoms. The van der Waals surface area contributed by atoms with Gasteiger partial charge < -0.3 is 21.3 Å². The van der Waals surface area contributed by atoms with E-state index < -0.39 is 0 Å². The van der Waals surface area contributed by atoms with Gasteiger partial charge in [-0.15, -0.1) is 0 Å². The number of aromatic nitrogens is 3. The number of nitrogens with one attached hydrogen (secondary N) is 2. The summed E-state index contributed by atoms with van der Waals surface area (Å²) >= 11 is 0. The van der Waals surface area contributed by atoms with E-state index in [1.807, 2.05) is 0 Å². The van der Waals surface area contributed by atoms with Gasteiger partial charge in [0.15, 0.2) is 0 Å². The smallest absolute Gasteiger partial charge is 0.230 e. The van der Waals surface area contributed by atoms with Crippen molar-refractivity contribution in [2.45, 2.75) is 229 Å². The third kappa shape index (κ3) is 18.3. The monoisotopic (exact) mass is 703 g/mol. The van der Waals surface area contributed by atoms with Gasteiger partial charge in [-0.3, -0.25) is 4.90 Å². The maximum absolute atomic E-state index is 6.52. The van der Waals surface area contributed by atoms with Crippen molar-refractivity contribution in [1.29, 1.82) is 0 Å². The average molecular weight is 703 g/mol. The highest BCUT2D eigenvalue weighted by Crippen LogP contribution is 2.31. The Morgan fingerprint density at radius 2 is 1.20 bits per heavy atom. The van der Waals surface area contributed by atoms with E-state index in [0.29, 0.717) is 23.9 Å². The van der Waals surface area contributed by atoms with Crippen molar-refractivity contribution < 1.29 is 0 Å². The minimum absolute atomic E-state index is 0.0225. The van der Waals surface area contributed by atoms with Gasteiger partial charge in [0.25, 0.3) is 0 Å². The van der Waals surface area contributed by atoms with Crippen LogP contribution in [-0.2, 0) is 5.41 Å². The largest absolute Gasteiger partial charge is 0.349 e. The molecule has 2 atom stereocenters. The highest BCUT2D eigenvalue weighted by Gasteiger charge is 2.33. The number of rotatable bonds is 20. The minimum Gasteiger partial charge on any atom is -0.349 e. The maximum Gasteiger partial charge on any atom is 0.230 e. The second-order valence-corrected chi connectivity index (χ2v) is 21.5. The molecule has 0 aromatic carbocycles. The zero-order valence-electron chi connectivity index (χ0n) is 37.0. The average Bonchev–Trinajstić information content (AvgIpc) is 2.84. The lowest BCUT2D eigenvalue weighted by Gasteiger charge is -2.41. The summed E-state index contributed by atoms with van der Waals surface area (Å²) in [5.74, 6) is 2.86. The Morgan fingerprint density at radius 1 is 0.660 bits per heavy atom. The zero-order valence-corrected chi connectivity index (χ0v) is 37.0. The van der Waals surface area contributed by atoms with Crippen LogP contribution in [0.3, 0.4) is 0 Å². The number of hydrogen-bond donors (Lipinski definition) is 3. The Kier molecular flexibility index (Phi) is 16.8. The quantitative estimate of drug-likeness (QED) is 0.116. The first-order chi connectivity index (χ1) is 22.3. The molecule has 1 rings (SSSR count). The van der Waals surface area contributed by atoms with Crippen molar-refractivity contribution in [2.75, 3.05) is 23.3 Å². The van der Waals surface area contributed by atoms with Crippen LogP contribution in [0.5, 0.6) is 0 Å². The van der Waals surface area contributed by atoms with E-state index in [2.05, 4.69) is 159 Å². The molecular weight excluding hydrogens is 617 g/mol.